The van der Waals surface area contributed by atoms with Gasteiger partial charge in [-0.25, -0.2) is 4.79 Å². The van der Waals surface area contributed by atoms with E-state index in [2.05, 4.69) is 15.9 Å². The molecule has 1 aromatic carbocycles. The van der Waals surface area contributed by atoms with Crippen molar-refractivity contribution >= 4 is 43.5 Å². The zero-order valence-corrected chi connectivity index (χ0v) is 24.9. The van der Waals surface area contributed by atoms with Gasteiger partial charge in [0.25, 0.3) is 5.56 Å². The van der Waals surface area contributed by atoms with Gasteiger partial charge in [0, 0.05) is 24.8 Å². The van der Waals surface area contributed by atoms with Crippen LogP contribution in [0.15, 0.2) is 37.6 Å². The van der Waals surface area contributed by atoms with Crippen molar-refractivity contribution in [2.24, 2.45) is 5.41 Å². The molecule has 0 spiro atoms. The summed E-state index contributed by atoms with van der Waals surface area (Å²) < 4.78 is 26.6. The molecule has 0 unspecified atom stereocenters. The molecule has 2 aliphatic rings. The number of aryl methyl sites for hydroxylation is 1. The first-order chi connectivity index (χ1) is 18.7. The van der Waals surface area contributed by atoms with Crippen LogP contribution in [-0.4, -0.2) is 48.6 Å². The maximum Gasteiger partial charge on any atom is 0.332 e. The van der Waals surface area contributed by atoms with Gasteiger partial charge in [0.15, 0.2) is 0 Å². The summed E-state index contributed by atoms with van der Waals surface area (Å²) in [5, 5.41) is 0.503. The molecule has 0 radical (unpaired) electrons. The van der Waals surface area contributed by atoms with Crippen LogP contribution in [0.2, 0.25) is 0 Å². The van der Waals surface area contributed by atoms with Crippen molar-refractivity contribution < 1.29 is 23.7 Å². The largest absolute Gasteiger partial charge is 0.496 e. The Bertz CT molecular complexity index is 1500. The number of esters is 1. The SMILES string of the molecule is COC(=O)C1(C)CC(n2c(=O)c3c(C)c(Br)sc3n(C[C@H](OC3CCOCC3)c3ccccc3OC)c2=O)C1. The number of carbonyl (C=O) groups excluding carboxylic acids is 1. The van der Waals surface area contributed by atoms with Gasteiger partial charge < -0.3 is 18.9 Å². The Labute approximate surface area is 238 Å². The Morgan fingerprint density at radius 3 is 2.56 bits per heavy atom. The van der Waals surface area contributed by atoms with E-state index in [9.17, 15) is 14.4 Å². The lowest BCUT2D eigenvalue weighted by molar-refractivity contribution is -0.159. The molecule has 3 aromatic rings. The average molecular weight is 622 g/mol. The van der Waals surface area contributed by atoms with E-state index in [1.165, 1.54) is 23.0 Å². The molecule has 1 saturated carbocycles. The van der Waals surface area contributed by atoms with Crippen LogP contribution in [0.3, 0.4) is 0 Å². The second-order valence-electron chi connectivity index (χ2n) is 10.5. The molecule has 2 fully saturated rings. The van der Waals surface area contributed by atoms with Crippen LogP contribution in [0.25, 0.3) is 10.2 Å². The number of methoxy groups -OCH3 is 2. The molecule has 5 rings (SSSR count). The number of carbonyl (C=O) groups is 1. The molecule has 2 aromatic heterocycles. The highest BCUT2D eigenvalue weighted by Gasteiger charge is 2.49. The summed E-state index contributed by atoms with van der Waals surface area (Å²) in [7, 11) is 2.97. The standard InChI is InChI=1S/C28H33BrN2O7S/c1-16-22-24(32)31(17-13-28(2,14-17)26(33)36-4)27(34)30(25(22)39-23(16)29)15-21(38-18-9-11-37-12-10-18)19-7-5-6-8-20(19)35-3/h5-8,17-18,21H,9-15H2,1-4H3/t17?,21-,28?/m0/s1. The second kappa shape index (κ2) is 11.2. The molecule has 0 amide bonds. The fourth-order valence-electron chi connectivity index (χ4n) is 5.75. The van der Waals surface area contributed by atoms with Crippen LogP contribution in [0.5, 0.6) is 5.75 Å². The van der Waals surface area contributed by atoms with Gasteiger partial charge in [-0.1, -0.05) is 18.2 Å². The molecule has 11 heteroatoms. The molecular formula is C28H33BrN2O7S. The third kappa shape index (κ3) is 5.10. The number of hydrogen-bond acceptors (Lipinski definition) is 8. The second-order valence-corrected chi connectivity index (χ2v) is 12.9. The fraction of sp³-hybridized carbons (Fsp3) is 0.536. The topological polar surface area (TPSA) is 98.0 Å². The molecule has 1 saturated heterocycles. The van der Waals surface area contributed by atoms with Gasteiger partial charge in [-0.2, -0.15) is 0 Å². The number of thiophene rings is 1. The molecule has 1 aliphatic heterocycles. The minimum Gasteiger partial charge on any atom is -0.496 e. The van der Waals surface area contributed by atoms with E-state index in [-0.39, 0.29) is 24.2 Å². The lowest BCUT2D eigenvalue weighted by Gasteiger charge is -2.43. The van der Waals surface area contributed by atoms with Crippen molar-refractivity contribution in [3.8, 4) is 5.75 Å². The highest BCUT2D eigenvalue weighted by Crippen LogP contribution is 2.48. The van der Waals surface area contributed by atoms with Crippen LogP contribution in [0.4, 0.5) is 0 Å². The van der Waals surface area contributed by atoms with Gasteiger partial charge in [-0.3, -0.25) is 18.7 Å². The number of hydrogen-bond donors (Lipinski definition) is 0. The van der Waals surface area contributed by atoms with Crippen LogP contribution >= 0.6 is 27.3 Å². The lowest BCUT2D eigenvalue weighted by atomic mass is 9.66. The number of para-hydroxylation sites is 1. The summed E-state index contributed by atoms with van der Waals surface area (Å²) in [6.07, 6.45) is 1.70. The molecule has 0 N–H and O–H groups in total. The van der Waals surface area contributed by atoms with Crippen molar-refractivity contribution in [3.05, 3.63) is 60.0 Å². The van der Waals surface area contributed by atoms with E-state index in [1.54, 1.807) is 11.7 Å². The number of benzene rings is 1. The molecule has 1 aliphatic carbocycles. The van der Waals surface area contributed by atoms with Crippen LogP contribution in [0.1, 0.15) is 55.9 Å². The van der Waals surface area contributed by atoms with Crippen LogP contribution in [0, 0.1) is 12.3 Å². The fourth-order valence-corrected chi connectivity index (χ4v) is 7.44. The Balaban J connectivity index is 1.62. The Morgan fingerprint density at radius 2 is 1.90 bits per heavy atom. The van der Waals surface area contributed by atoms with Crippen molar-refractivity contribution in [2.75, 3.05) is 27.4 Å². The van der Waals surface area contributed by atoms with Crippen molar-refractivity contribution in [1.29, 1.82) is 0 Å². The minimum absolute atomic E-state index is 0.0324. The molecular weight excluding hydrogens is 588 g/mol. The first kappa shape index (κ1) is 28.1. The minimum atomic E-state index is -0.721. The number of ether oxygens (including phenoxy) is 4. The Kier molecular flexibility index (Phi) is 8.05. The summed E-state index contributed by atoms with van der Waals surface area (Å²) in [4.78, 5) is 40.8. The Morgan fingerprint density at radius 1 is 1.21 bits per heavy atom. The summed E-state index contributed by atoms with van der Waals surface area (Å²) in [5.74, 6) is 0.340. The number of halogens is 1. The van der Waals surface area contributed by atoms with Crippen molar-refractivity contribution in [1.82, 2.24) is 9.13 Å². The van der Waals surface area contributed by atoms with Crippen LogP contribution in [-0.2, 0) is 25.5 Å². The maximum absolute atomic E-state index is 14.1. The quantitative estimate of drug-likeness (QED) is 0.335. The average Bonchev–Trinajstić information content (AvgIpc) is 3.23. The Hall–Kier alpha value is -2.47. The predicted octanol–water partition coefficient (Wildman–Crippen LogP) is 4.76. The monoisotopic (exact) mass is 620 g/mol. The maximum atomic E-state index is 14.1. The van der Waals surface area contributed by atoms with E-state index in [1.807, 2.05) is 38.1 Å². The number of fused-ring (bicyclic) bond motifs is 1. The van der Waals surface area contributed by atoms with E-state index in [4.69, 9.17) is 18.9 Å². The molecule has 9 nitrogen and oxygen atoms in total. The molecule has 39 heavy (non-hydrogen) atoms. The van der Waals surface area contributed by atoms with E-state index in [0.717, 1.165) is 27.8 Å². The number of rotatable bonds is 8. The predicted molar refractivity (Wildman–Crippen MR) is 152 cm³/mol. The highest BCUT2D eigenvalue weighted by molar-refractivity contribution is 9.11. The lowest BCUT2D eigenvalue weighted by Crippen LogP contribution is -2.51. The van der Waals surface area contributed by atoms with Crippen molar-refractivity contribution in [2.45, 2.75) is 64.3 Å². The normalized spacial score (nSPS) is 22.4. The van der Waals surface area contributed by atoms with Crippen molar-refractivity contribution in [3.63, 3.8) is 0 Å². The van der Waals surface area contributed by atoms with E-state index >= 15 is 0 Å². The van der Waals surface area contributed by atoms with Crippen LogP contribution < -0.4 is 16.0 Å². The summed E-state index contributed by atoms with van der Waals surface area (Å²) in [6.45, 7) is 5.12. The van der Waals surface area contributed by atoms with E-state index in [0.29, 0.717) is 42.0 Å². The zero-order valence-electron chi connectivity index (χ0n) is 22.5. The number of nitrogens with zero attached hydrogens (tertiary/aromatic N) is 2. The third-order valence-electron chi connectivity index (χ3n) is 7.96. The van der Waals surface area contributed by atoms with Gasteiger partial charge in [-0.05, 0) is 67.1 Å². The summed E-state index contributed by atoms with van der Waals surface area (Å²) in [5.41, 5.74) is 0.160. The molecule has 210 valence electrons. The molecule has 1 atom stereocenters. The van der Waals surface area contributed by atoms with Gasteiger partial charge in [0.2, 0.25) is 0 Å². The van der Waals surface area contributed by atoms with Gasteiger partial charge in [-0.15, -0.1) is 11.3 Å². The first-order valence-electron chi connectivity index (χ1n) is 13.1. The molecule has 0 bridgehead atoms. The highest BCUT2D eigenvalue weighted by atomic mass is 79.9. The zero-order chi connectivity index (χ0) is 27.9. The summed E-state index contributed by atoms with van der Waals surface area (Å²) >= 11 is 4.95. The summed E-state index contributed by atoms with van der Waals surface area (Å²) in [6, 6.07) is 7.25. The van der Waals surface area contributed by atoms with E-state index < -0.39 is 23.3 Å². The van der Waals surface area contributed by atoms with Gasteiger partial charge in [0.1, 0.15) is 16.7 Å². The molecule has 3 heterocycles. The third-order valence-corrected chi connectivity index (χ3v) is 10.1. The van der Waals surface area contributed by atoms with Gasteiger partial charge >= 0.3 is 11.7 Å². The smallest absolute Gasteiger partial charge is 0.332 e. The number of aromatic nitrogens is 2. The first-order valence-corrected chi connectivity index (χ1v) is 14.7. The van der Waals surface area contributed by atoms with Gasteiger partial charge in [0.05, 0.1) is 41.5 Å².